The van der Waals surface area contributed by atoms with Gasteiger partial charge in [-0.3, -0.25) is 4.79 Å². The molecule has 20 heavy (non-hydrogen) atoms. The van der Waals surface area contributed by atoms with Crippen LogP contribution < -0.4 is 0 Å². The number of likely N-dealkylation sites (N-methyl/N-ethyl adjacent to an activating group) is 1. The number of carbonyl (C=O) groups excluding carboxylic acids is 1. The first-order valence-electron chi connectivity index (χ1n) is 7.11. The lowest BCUT2D eigenvalue weighted by Gasteiger charge is -2.45. The lowest BCUT2D eigenvalue weighted by Crippen LogP contribution is -2.56. The Morgan fingerprint density at radius 3 is 2.80 bits per heavy atom. The molecular weight excluding hydrogens is 258 g/mol. The molecule has 2 aliphatic rings. The third kappa shape index (κ3) is 3.23. The second kappa shape index (κ2) is 6.43. The van der Waals surface area contributed by atoms with Crippen molar-refractivity contribution in [3.05, 3.63) is 10.4 Å². The van der Waals surface area contributed by atoms with Crippen LogP contribution in [0.5, 0.6) is 0 Å². The Hall–Kier alpha value is -1.30. The first kappa shape index (κ1) is 15.1. The summed E-state index contributed by atoms with van der Waals surface area (Å²) in [6.07, 6.45) is 2.40. The van der Waals surface area contributed by atoms with E-state index >= 15 is 0 Å². The average Bonchev–Trinajstić information content (AvgIpc) is 2.78. The fourth-order valence-corrected chi connectivity index (χ4v) is 3.13. The third-order valence-electron chi connectivity index (χ3n) is 4.56. The van der Waals surface area contributed by atoms with Crippen molar-refractivity contribution < 1.29 is 9.53 Å². The predicted molar refractivity (Wildman–Crippen MR) is 75.2 cm³/mol. The van der Waals surface area contributed by atoms with E-state index in [1.165, 1.54) is 0 Å². The molecule has 2 aliphatic heterocycles. The maximum Gasteiger partial charge on any atom is 0.222 e. The molecule has 0 saturated carbocycles. The van der Waals surface area contributed by atoms with Crippen LogP contribution >= 0.6 is 0 Å². The minimum absolute atomic E-state index is 0.0152. The standard InChI is InChI=1S/C13H23N5O2/c1-17(2)13(3-5-20-6-4-13)10-18-9-11(7-12(18)19)8-15-16-14/h11H,3-10H2,1-2H3. The van der Waals surface area contributed by atoms with Crippen LogP contribution in [0.15, 0.2) is 5.11 Å². The summed E-state index contributed by atoms with van der Waals surface area (Å²) < 4.78 is 5.46. The molecule has 112 valence electrons. The van der Waals surface area contributed by atoms with Crippen LogP contribution in [0, 0.1) is 5.92 Å². The Labute approximate surface area is 119 Å². The second-order valence-corrected chi connectivity index (χ2v) is 5.99. The minimum Gasteiger partial charge on any atom is -0.381 e. The lowest BCUT2D eigenvalue weighted by molar-refractivity contribution is -0.130. The van der Waals surface area contributed by atoms with Crippen LogP contribution in [0.4, 0.5) is 0 Å². The van der Waals surface area contributed by atoms with Gasteiger partial charge in [-0.15, -0.1) is 0 Å². The van der Waals surface area contributed by atoms with Gasteiger partial charge in [0, 0.05) is 49.7 Å². The summed E-state index contributed by atoms with van der Waals surface area (Å²) in [5.74, 6) is 0.341. The van der Waals surface area contributed by atoms with Gasteiger partial charge in [-0.05, 0) is 38.4 Å². The van der Waals surface area contributed by atoms with Crippen molar-refractivity contribution in [3.8, 4) is 0 Å². The first-order valence-corrected chi connectivity index (χ1v) is 7.11. The van der Waals surface area contributed by atoms with E-state index in [0.29, 0.717) is 19.5 Å². The van der Waals surface area contributed by atoms with Crippen LogP contribution in [-0.2, 0) is 9.53 Å². The van der Waals surface area contributed by atoms with Crippen molar-refractivity contribution >= 4 is 5.91 Å². The molecule has 0 aromatic carbocycles. The van der Waals surface area contributed by atoms with Gasteiger partial charge in [0.05, 0.1) is 0 Å². The number of hydrogen-bond donors (Lipinski definition) is 0. The highest BCUT2D eigenvalue weighted by Crippen LogP contribution is 2.29. The van der Waals surface area contributed by atoms with E-state index in [4.69, 9.17) is 10.3 Å². The molecule has 0 aromatic rings. The molecule has 2 fully saturated rings. The Kier molecular flexibility index (Phi) is 4.86. The smallest absolute Gasteiger partial charge is 0.222 e. The van der Waals surface area contributed by atoms with Gasteiger partial charge in [-0.25, -0.2) is 0 Å². The number of rotatable bonds is 5. The maximum atomic E-state index is 12.1. The fraction of sp³-hybridized carbons (Fsp3) is 0.923. The largest absolute Gasteiger partial charge is 0.381 e. The first-order chi connectivity index (χ1) is 9.57. The predicted octanol–water partition coefficient (Wildman–Crippen LogP) is 1.26. The Bertz CT molecular complexity index is 400. The highest BCUT2D eigenvalue weighted by molar-refractivity contribution is 5.78. The molecular formula is C13H23N5O2. The van der Waals surface area contributed by atoms with E-state index in [0.717, 1.165) is 32.6 Å². The Morgan fingerprint density at radius 2 is 2.20 bits per heavy atom. The van der Waals surface area contributed by atoms with Crippen molar-refractivity contribution in [1.29, 1.82) is 0 Å². The van der Waals surface area contributed by atoms with Crippen LogP contribution in [-0.4, -0.2) is 68.2 Å². The zero-order chi connectivity index (χ0) is 14.6. The molecule has 1 atom stereocenters. The topological polar surface area (TPSA) is 81.5 Å². The molecule has 7 heteroatoms. The minimum atomic E-state index is 0.0152. The zero-order valence-electron chi connectivity index (χ0n) is 12.3. The summed E-state index contributed by atoms with van der Waals surface area (Å²) in [7, 11) is 4.15. The maximum absolute atomic E-state index is 12.1. The SMILES string of the molecule is CN(C)C1(CN2CC(CN=[N+]=[N-])CC2=O)CCOCC1. The molecule has 2 saturated heterocycles. The number of hydrogen-bond acceptors (Lipinski definition) is 4. The quantitative estimate of drug-likeness (QED) is 0.432. The monoisotopic (exact) mass is 281 g/mol. The highest BCUT2D eigenvalue weighted by atomic mass is 16.5. The van der Waals surface area contributed by atoms with E-state index in [-0.39, 0.29) is 17.4 Å². The number of carbonyl (C=O) groups is 1. The number of amides is 1. The average molecular weight is 281 g/mol. The molecule has 2 rings (SSSR count). The highest BCUT2D eigenvalue weighted by Gasteiger charge is 2.40. The number of azide groups is 1. The molecule has 2 heterocycles. The fourth-order valence-electron chi connectivity index (χ4n) is 3.13. The van der Waals surface area contributed by atoms with Crippen molar-refractivity contribution in [2.45, 2.75) is 24.8 Å². The molecule has 0 radical (unpaired) electrons. The molecule has 1 amide bonds. The summed E-state index contributed by atoms with van der Waals surface area (Å²) in [6.45, 7) is 3.37. The van der Waals surface area contributed by atoms with Crippen LogP contribution in [0.1, 0.15) is 19.3 Å². The molecule has 0 aromatic heterocycles. The molecule has 0 aliphatic carbocycles. The Balaban J connectivity index is 2.00. The molecule has 7 nitrogen and oxygen atoms in total. The normalized spacial score (nSPS) is 25.9. The summed E-state index contributed by atoms with van der Waals surface area (Å²) in [4.78, 5) is 19.1. The lowest BCUT2D eigenvalue weighted by atomic mass is 9.88. The van der Waals surface area contributed by atoms with E-state index < -0.39 is 0 Å². The number of likely N-dealkylation sites (tertiary alicyclic amines) is 1. The molecule has 1 unspecified atom stereocenters. The van der Waals surface area contributed by atoms with Crippen LogP contribution in [0.2, 0.25) is 0 Å². The van der Waals surface area contributed by atoms with Crippen molar-refractivity contribution in [3.63, 3.8) is 0 Å². The second-order valence-electron chi connectivity index (χ2n) is 5.99. The third-order valence-corrected chi connectivity index (χ3v) is 4.56. The van der Waals surface area contributed by atoms with E-state index in [9.17, 15) is 4.79 Å². The van der Waals surface area contributed by atoms with Gasteiger partial charge >= 0.3 is 0 Å². The summed E-state index contributed by atoms with van der Waals surface area (Å²) >= 11 is 0. The molecule has 0 spiro atoms. The van der Waals surface area contributed by atoms with E-state index in [1.54, 1.807) is 0 Å². The van der Waals surface area contributed by atoms with Crippen molar-refractivity contribution in [2.75, 3.05) is 46.9 Å². The van der Waals surface area contributed by atoms with Gasteiger partial charge in [0.1, 0.15) is 0 Å². The molecule has 0 N–H and O–H groups in total. The van der Waals surface area contributed by atoms with E-state index in [1.807, 2.05) is 4.90 Å². The van der Waals surface area contributed by atoms with Gasteiger partial charge in [-0.1, -0.05) is 5.11 Å². The zero-order valence-corrected chi connectivity index (χ0v) is 12.3. The summed E-state index contributed by atoms with van der Waals surface area (Å²) in [6, 6.07) is 0. The van der Waals surface area contributed by atoms with E-state index in [2.05, 4.69) is 29.0 Å². The van der Waals surface area contributed by atoms with Gasteiger partial charge in [0.2, 0.25) is 5.91 Å². The summed E-state index contributed by atoms with van der Waals surface area (Å²) in [5, 5.41) is 3.59. The number of ether oxygens (including phenoxy) is 1. The van der Waals surface area contributed by atoms with Gasteiger partial charge in [-0.2, -0.15) is 0 Å². The number of nitrogens with zero attached hydrogens (tertiary/aromatic N) is 5. The summed E-state index contributed by atoms with van der Waals surface area (Å²) in [5.41, 5.74) is 8.39. The molecule has 0 bridgehead atoms. The van der Waals surface area contributed by atoms with Crippen LogP contribution in [0.25, 0.3) is 10.4 Å². The Morgan fingerprint density at radius 1 is 1.50 bits per heavy atom. The van der Waals surface area contributed by atoms with Crippen molar-refractivity contribution in [1.82, 2.24) is 9.80 Å². The van der Waals surface area contributed by atoms with Crippen LogP contribution in [0.3, 0.4) is 0 Å². The van der Waals surface area contributed by atoms with Gasteiger partial charge in [0.25, 0.3) is 0 Å². The van der Waals surface area contributed by atoms with Gasteiger partial charge < -0.3 is 14.5 Å². The van der Waals surface area contributed by atoms with Gasteiger partial charge in [0.15, 0.2) is 0 Å². The van der Waals surface area contributed by atoms with Crippen molar-refractivity contribution in [2.24, 2.45) is 11.0 Å².